The van der Waals surface area contributed by atoms with Crippen LogP contribution in [0.2, 0.25) is 0 Å². The number of aryl methyl sites for hydroxylation is 2. The van der Waals surface area contributed by atoms with E-state index in [2.05, 4.69) is 47.9 Å². The molecule has 0 bridgehead atoms. The molecule has 2 fully saturated rings. The second kappa shape index (κ2) is 7.47. The first-order valence-corrected chi connectivity index (χ1v) is 10.2. The number of carbonyl (C=O) groups is 1. The Labute approximate surface area is 163 Å². The maximum absolute atomic E-state index is 12.9. The van der Waals surface area contributed by atoms with Crippen molar-refractivity contribution < 1.29 is 4.79 Å². The van der Waals surface area contributed by atoms with Crippen molar-refractivity contribution in [2.45, 2.75) is 39.7 Å². The number of hydrogen-bond donors (Lipinski definition) is 0. The van der Waals surface area contributed by atoms with Crippen LogP contribution in [0.3, 0.4) is 0 Å². The third-order valence-electron chi connectivity index (χ3n) is 6.25. The minimum absolute atomic E-state index is 0.197. The molecule has 0 aliphatic carbocycles. The van der Waals surface area contributed by atoms with Crippen LogP contribution in [-0.4, -0.2) is 41.9 Å². The molecule has 2 saturated heterocycles. The Hall–Kier alpha value is -2.13. The quantitative estimate of drug-likeness (QED) is 0.806. The summed E-state index contributed by atoms with van der Waals surface area (Å²) in [5.74, 6) is 0.197. The van der Waals surface area contributed by atoms with Crippen LogP contribution in [0.15, 0.2) is 48.5 Å². The molecule has 1 unspecified atom stereocenters. The van der Waals surface area contributed by atoms with E-state index < -0.39 is 0 Å². The SMILES string of the molecule is Cc1ccc(C(=O)N2CCC3(CCCN(Cc4cccc(C)c4)C3)C2)cc1. The van der Waals surface area contributed by atoms with Crippen molar-refractivity contribution in [1.82, 2.24) is 9.80 Å². The van der Waals surface area contributed by atoms with Crippen molar-refractivity contribution in [2.75, 3.05) is 26.2 Å². The van der Waals surface area contributed by atoms with Gasteiger partial charge in [0.1, 0.15) is 0 Å². The van der Waals surface area contributed by atoms with Crippen molar-refractivity contribution in [3.63, 3.8) is 0 Å². The number of nitrogens with zero attached hydrogens (tertiary/aromatic N) is 2. The molecule has 2 aromatic carbocycles. The zero-order chi connectivity index (χ0) is 18.9. The molecule has 2 aliphatic heterocycles. The van der Waals surface area contributed by atoms with Crippen molar-refractivity contribution in [2.24, 2.45) is 5.41 Å². The Bertz CT molecular complexity index is 813. The lowest BCUT2D eigenvalue weighted by Gasteiger charge is -2.40. The average molecular weight is 363 g/mol. The van der Waals surface area contributed by atoms with Crippen LogP contribution in [0.1, 0.15) is 46.3 Å². The van der Waals surface area contributed by atoms with E-state index in [-0.39, 0.29) is 11.3 Å². The number of piperidine rings is 1. The van der Waals surface area contributed by atoms with E-state index >= 15 is 0 Å². The van der Waals surface area contributed by atoms with Gasteiger partial charge in [-0.05, 0) is 57.4 Å². The topological polar surface area (TPSA) is 23.6 Å². The van der Waals surface area contributed by atoms with Gasteiger partial charge in [-0.25, -0.2) is 0 Å². The van der Waals surface area contributed by atoms with Gasteiger partial charge in [0, 0.05) is 37.2 Å². The summed E-state index contributed by atoms with van der Waals surface area (Å²) >= 11 is 0. The lowest BCUT2D eigenvalue weighted by molar-refractivity contribution is 0.0675. The number of benzene rings is 2. The summed E-state index contributed by atoms with van der Waals surface area (Å²) in [5.41, 5.74) is 5.03. The Balaban J connectivity index is 1.41. The van der Waals surface area contributed by atoms with Crippen LogP contribution in [0.25, 0.3) is 0 Å². The number of hydrogen-bond acceptors (Lipinski definition) is 2. The fourth-order valence-corrected chi connectivity index (χ4v) is 4.83. The summed E-state index contributed by atoms with van der Waals surface area (Å²) in [6.45, 7) is 9.32. The van der Waals surface area contributed by atoms with Crippen LogP contribution < -0.4 is 0 Å². The van der Waals surface area contributed by atoms with Gasteiger partial charge in [-0.3, -0.25) is 9.69 Å². The molecule has 4 rings (SSSR count). The lowest BCUT2D eigenvalue weighted by Crippen LogP contribution is -2.45. The molecule has 3 nitrogen and oxygen atoms in total. The van der Waals surface area contributed by atoms with Crippen molar-refractivity contribution >= 4 is 5.91 Å². The molecule has 27 heavy (non-hydrogen) atoms. The average Bonchev–Trinajstić information content (AvgIpc) is 3.05. The molecule has 0 saturated carbocycles. The van der Waals surface area contributed by atoms with E-state index in [1.54, 1.807) is 0 Å². The minimum Gasteiger partial charge on any atom is -0.338 e. The standard InChI is InChI=1S/C24H30N2O/c1-19-7-9-22(10-8-19)23(27)26-14-12-24(18-26)11-4-13-25(17-24)16-21-6-3-5-20(2)15-21/h3,5-10,15H,4,11-14,16-18H2,1-2H3. The Kier molecular flexibility index (Phi) is 5.05. The zero-order valence-corrected chi connectivity index (χ0v) is 16.6. The van der Waals surface area contributed by atoms with Crippen LogP contribution in [0.4, 0.5) is 0 Å². The highest BCUT2D eigenvalue weighted by Gasteiger charge is 2.42. The molecule has 0 radical (unpaired) electrons. The molecular formula is C24H30N2O. The highest BCUT2D eigenvalue weighted by atomic mass is 16.2. The van der Waals surface area contributed by atoms with Gasteiger partial charge in [0.05, 0.1) is 0 Å². The Morgan fingerprint density at radius 3 is 2.56 bits per heavy atom. The van der Waals surface area contributed by atoms with Crippen LogP contribution in [0, 0.1) is 19.3 Å². The lowest BCUT2D eigenvalue weighted by atomic mass is 9.79. The van der Waals surface area contributed by atoms with Gasteiger partial charge >= 0.3 is 0 Å². The van der Waals surface area contributed by atoms with E-state index in [1.807, 2.05) is 24.3 Å². The summed E-state index contributed by atoms with van der Waals surface area (Å²) in [6, 6.07) is 16.8. The third kappa shape index (κ3) is 4.08. The first-order valence-electron chi connectivity index (χ1n) is 10.2. The largest absolute Gasteiger partial charge is 0.338 e. The molecule has 1 atom stereocenters. The molecule has 142 valence electrons. The van der Waals surface area contributed by atoms with Crippen molar-refractivity contribution in [3.05, 3.63) is 70.8 Å². The van der Waals surface area contributed by atoms with Gasteiger partial charge in [-0.2, -0.15) is 0 Å². The van der Waals surface area contributed by atoms with Crippen LogP contribution in [0.5, 0.6) is 0 Å². The van der Waals surface area contributed by atoms with Crippen LogP contribution >= 0.6 is 0 Å². The van der Waals surface area contributed by atoms with E-state index in [0.717, 1.165) is 38.2 Å². The fraction of sp³-hybridized carbons (Fsp3) is 0.458. The number of carbonyl (C=O) groups excluding carboxylic acids is 1. The molecule has 2 aliphatic rings. The minimum atomic E-state index is 0.197. The normalized spacial score (nSPS) is 23.1. The first-order chi connectivity index (χ1) is 13.0. The summed E-state index contributed by atoms with van der Waals surface area (Å²) in [4.78, 5) is 17.6. The maximum Gasteiger partial charge on any atom is 0.253 e. The zero-order valence-electron chi connectivity index (χ0n) is 16.6. The third-order valence-corrected chi connectivity index (χ3v) is 6.25. The molecule has 3 heteroatoms. The van der Waals surface area contributed by atoms with Gasteiger partial charge in [0.2, 0.25) is 0 Å². The second-order valence-corrected chi connectivity index (χ2v) is 8.65. The molecular weight excluding hydrogens is 332 g/mol. The van der Waals surface area contributed by atoms with Gasteiger partial charge in [-0.15, -0.1) is 0 Å². The predicted molar refractivity (Wildman–Crippen MR) is 110 cm³/mol. The van der Waals surface area contributed by atoms with Gasteiger partial charge in [-0.1, -0.05) is 47.5 Å². The van der Waals surface area contributed by atoms with E-state index in [4.69, 9.17) is 0 Å². The molecule has 1 spiro atoms. The summed E-state index contributed by atoms with van der Waals surface area (Å²) < 4.78 is 0. The molecule has 2 aromatic rings. The van der Waals surface area contributed by atoms with Gasteiger partial charge < -0.3 is 4.90 Å². The fourth-order valence-electron chi connectivity index (χ4n) is 4.83. The highest BCUT2D eigenvalue weighted by molar-refractivity contribution is 5.94. The highest BCUT2D eigenvalue weighted by Crippen LogP contribution is 2.39. The smallest absolute Gasteiger partial charge is 0.253 e. The van der Waals surface area contributed by atoms with Gasteiger partial charge in [0.15, 0.2) is 0 Å². The van der Waals surface area contributed by atoms with E-state index in [0.29, 0.717) is 0 Å². The maximum atomic E-state index is 12.9. The van der Waals surface area contributed by atoms with Crippen molar-refractivity contribution in [3.8, 4) is 0 Å². The first kappa shape index (κ1) is 18.2. The summed E-state index contributed by atoms with van der Waals surface area (Å²) in [7, 11) is 0. The second-order valence-electron chi connectivity index (χ2n) is 8.65. The predicted octanol–water partition coefficient (Wildman–Crippen LogP) is 4.43. The summed E-state index contributed by atoms with van der Waals surface area (Å²) in [6.07, 6.45) is 3.61. The molecule has 2 heterocycles. The van der Waals surface area contributed by atoms with Crippen molar-refractivity contribution in [1.29, 1.82) is 0 Å². The number of likely N-dealkylation sites (tertiary alicyclic amines) is 2. The van der Waals surface area contributed by atoms with E-state index in [9.17, 15) is 4.79 Å². The van der Waals surface area contributed by atoms with Crippen LogP contribution in [-0.2, 0) is 6.54 Å². The monoisotopic (exact) mass is 362 g/mol. The Morgan fingerprint density at radius 2 is 1.78 bits per heavy atom. The summed E-state index contributed by atoms with van der Waals surface area (Å²) in [5, 5.41) is 0. The Morgan fingerprint density at radius 1 is 0.963 bits per heavy atom. The molecule has 0 N–H and O–H groups in total. The molecule has 0 aromatic heterocycles. The van der Waals surface area contributed by atoms with E-state index in [1.165, 1.54) is 36.1 Å². The number of rotatable bonds is 3. The molecule has 1 amide bonds. The number of amides is 1. The van der Waals surface area contributed by atoms with Gasteiger partial charge in [0.25, 0.3) is 5.91 Å².